The Hall–Kier alpha value is -3.59. The molecular weight excluding hydrogens is 350 g/mol. The Morgan fingerprint density at radius 1 is 1.14 bits per heavy atom. The van der Waals surface area contributed by atoms with Gasteiger partial charge in [0.1, 0.15) is 11.6 Å². The zero-order valence-electron chi connectivity index (χ0n) is 15.9. The van der Waals surface area contributed by atoms with E-state index in [2.05, 4.69) is 28.4 Å². The van der Waals surface area contributed by atoms with Crippen molar-refractivity contribution in [1.82, 2.24) is 15.1 Å². The third kappa shape index (κ3) is 4.57. The van der Waals surface area contributed by atoms with E-state index in [1.807, 2.05) is 42.5 Å². The van der Waals surface area contributed by atoms with E-state index >= 15 is 0 Å². The average molecular weight is 373 g/mol. The van der Waals surface area contributed by atoms with Gasteiger partial charge in [-0.2, -0.15) is 10.4 Å². The van der Waals surface area contributed by atoms with Gasteiger partial charge in [0.05, 0.1) is 12.1 Å². The number of anilines is 1. The van der Waals surface area contributed by atoms with Crippen molar-refractivity contribution in [3.63, 3.8) is 0 Å². The third-order valence-electron chi connectivity index (χ3n) is 4.74. The number of nitriles is 1. The van der Waals surface area contributed by atoms with Crippen molar-refractivity contribution < 1.29 is 4.79 Å². The Labute approximate surface area is 164 Å². The number of aryl methyl sites for hydroxylation is 1. The first-order valence-corrected chi connectivity index (χ1v) is 9.19. The number of nitrogens with zero attached hydrogens (tertiary/aromatic N) is 3. The van der Waals surface area contributed by atoms with Gasteiger partial charge in [-0.3, -0.25) is 9.89 Å². The number of nitrogen functional groups attached to an aromatic ring is 1. The SMILES string of the molecule is CN(CCCc1[nH]nc(N)c1C#N)C(=O)Cc1ccc(-c2ccccc2)cc1. The molecule has 0 fully saturated rings. The topological polar surface area (TPSA) is 98.8 Å². The summed E-state index contributed by atoms with van der Waals surface area (Å²) >= 11 is 0. The number of nitrogens with two attached hydrogens (primary N) is 1. The number of hydrogen-bond donors (Lipinski definition) is 2. The van der Waals surface area contributed by atoms with Crippen molar-refractivity contribution in [2.75, 3.05) is 19.3 Å². The van der Waals surface area contributed by atoms with Gasteiger partial charge in [0.25, 0.3) is 0 Å². The van der Waals surface area contributed by atoms with Crippen molar-refractivity contribution >= 4 is 11.7 Å². The molecule has 0 saturated carbocycles. The normalized spacial score (nSPS) is 10.4. The lowest BCUT2D eigenvalue weighted by Gasteiger charge is -2.17. The smallest absolute Gasteiger partial charge is 0.226 e. The van der Waals surface area contributed by atoms with Crippen molar-refractivity contribution in [3.8, 4) is 17.2 Å². The van der Waals surface area contributed by atoms with Gasteiger partial charge < -0.3 is 10.6 Å². The molecule has 3 N–H and O–H groups in total. The fourth-order valence-electron chi connectivity index (χ4n) is 3.07. The largest absolute Gasteiger partial charge is 0.381 e. The van der Waals surface area contributed by atoms with Gasteiger partial charge in [-0.05, 0) is 29.5 Å². The van der Waals surface area contributed by atoms with Gasteiger partial charge in [0.15, 0.2) is 5.82 Å². The third-order valence-corrected chi connectivity index (χ3v) is 4.74. The van der Waals surface area contributed by atoms with Crippen molar-refractivity contribution in [2.45, 2.75) is 19.3 Å². The second-order valence-corrected chi connectivity index (χ2v) is 6.73. The molecule has 0 radical (unpaired) electrons. The molecule has 142 valence electrons. The minimum absolute atomic E-state index is 0.0668. The van der Waals surface area contributed by atoms with Crippen molar-refractivity contribution in [1.29, 1.82) is 5.26 Å². The van der Waals surface area contributed by atoms with Crippen molar-refractivity contribution in [2.24, 2.45) is 0 Å². The van der Waals surface area contributed by atoms with Crippen LogP contribution in [0.25, 0.3) is 11.1 Å². The summed E-state index contributed by atoms with van der Waals surface area (Å²) in [6.07, 6.45) is 1.72. The van der Waals surface area contributed by atoms with Gasteiger partial charge in [-0.1, -0.05) is 54.6 Å². The number of carbonyl (C=O) groups excluding carboxylic acids is 1. The van der Waals surface area contributed by atoms with Crippen LogP contribution in [0.15, 0.2) is 54.6 Å². The Morgan fingerprint density at radius 2 is 1.82 bits per heavy atom. The van der Waals surface area contributed by atoms with Crippen LogP contribution < -0.4 is 5.73 Å². The highest BCUT2D eigenvalue weighted by Crippen LogP contribution is 2.19. The van der Waals surface area contributed by atoms with E-state index in [9.17, 15) is 4.79 Å². The number of aromatic amines is 1. The van der Waals surface area contributed by atoms with Crippen LogP contribution in [-0.2, 0) is 17.6 Å². The summed E-state index contributed by atoms with van der Waals surface area (Å²) in [6.45, 7) is 0.602. The van der Waals surface area contributed by atoms with Gasteiger partial charge in [0, 0.05) is 13.6 Å². The number of nitrogens with one attached hydrogen (secondary N) is 1. The van der Waals surface area contributed by atoms with Crippen LogP contribution in [0.2, 0.25) is 0 Å². The molecule has 6 nitrogen and oxygen atoms in total. The monoisotopic (exact) mass is 373 g/mol. The summed E-state index contributed by atoms with van der Waals surface area (Å²) in [6, 6.07) is 20.3. The van der Waals surface area contributed by atoms with Gasteiger partial charge in [-0.25, -0.2) is 0 Å². The van der Waals surface area contributed by atoms with Gasteiger partial charge in [-0.15, -0.1) is 0 Å². The standard InChI is InChI=1S/C22H23N5O/c1-27(13-5-8-20-19(15-23)22(24)26-25-20)21(28)14-16-9-11-18(12-10-16)17-6-3-2-4-7-17/h2-4,6-7,9-12H,5,8,13-14H2,1H3,(H3,24,25,26). The molecule has 0 aliphatic carbocycles. The lowest BCUT2D eigenvalue weighted by atomic mass is 10.0. The Bertz CT molecular complexity index is 970. The number of H-pyrrole nitrogens is 1. The second kappa shape index (κ2) is 8.87. The number of benzene rings is 2. The highest BCUT2D eigenvalue weighted by Gasteiger charge is 2.13. The van der Waals surface area contributed by atoms with E-state index in [0.717, 1.165) is 28.8 Å². The Kier molecular flexibility index (Phi) is 6.07. The first kappa shape index (κ1) is 19.2. The Balaban J connectivity index is 1.50. The Morgan fingerprint density at radius 3 is 2.50 bits per heavy atom. The molecule has 2 aromatic carbocycles. The van der Waals surface area contributed by atoms with E-state index in [1.54, 1.807) is 11.9 Å². The zero-order valence-corrected chi connectivity index (χ0v) is 15.9. The summed E-state index contributed by atoms with van der Waals surface area (Å²) in [4.78, 5) is 14.2. The number of amides is 1. The number of aromatic nitrogens is 2. The fraction of sp³-hybridized carbons (Fsp3) is 0.227. The first-order chi connectivity index (χ1) is 13.6. The van der Waals surface area contributed by atoms with Crippen LogP contribution in [0.5, 0.6) is 0 Å². The number of rotatable bonds is 7. The molecule has 1 aromatic heterocycles. The minimum Gasteiger partial charge on any atom is -0.381 e. The van der Waals surface area contributed by atoms with E-state index in [1.165, 1.54) is 0 Å². The quantitative estimate of drug-likeness (QED) is 0.664. The van der Waals surface area contributed by atoms with Crippen LogP contribution in [0, 0.1) is 11.3 Å². The van der Waals surface area contributed by atoms with E-state index in [4.69, 9.17) is 11.0 Å². The summed E-state index contributed by atoms with van der Waals surface area (Å²) < 4.78 is 0. The number of likely N-dealkylation sites (N-methyl/N-ethyl adjacent to an activating group) is 1. The predicted molar refractivity (Wildman–Crippen MR) is 109 cm³/mol. The zero-order chi connectivity index (χ0) is 19.9. The van der Waals surface area contributed by atoms with Gasteiger partial charge in [0.2, 0.25) is 5.91 Å². The fourth-order valence-corrected chi connectivity index (χ4v) is 3.07. The summed E-state index contributed by atoms with van der Waals surface area (Å²) in [5.41, 5.74) is 10.0. The molecule has 0 aliphatic heterocycles. The molecule has 0 atom stereocenters. The maximum atomic E-state index is 12.5. The summed E-state index contributed by atoms with van der Waals surface area (Å²) in [7, 11) is 1.80. The van der Waals surface area contributed by atoms with E-state index in [0.29, 0.717) is 24.9 Å². The molecule has 3 rings (SSSR count). The highest BCUT2D eigenvalue weighted by atomic mass is 16.2. The molecule has 1 heterocycles. The predicted octanol–water partition coefficient (Wildman–Crippen LogP) is 3.16. The van der Waals surface area contributed by atoms with Crippen LogP contribution in [-0.4, -0.2) is 34.6 Å². The van der Waals surface area contributed by atoms with Crippen LogP contribution in [0.1, 0.15) is 23.2 Å². The summed E-state index contributed by atoms with van der Waals surface area (Å²) in [5.74, 6) is 0.290. The molecule has 1 amide bonds. The summed E-state index contributed by atoms with van der Waals surface area (Å²) in [5, 5.41) is 15.7. The van der Waals surface area contributed by atoms with Crippen LogP contribution >= 0.6 is 0 Å². The molecule has 0 saturated heterocycles. The number of hydrogen-bond acceptors (Lipinski definition) is 4. The molecule has 0 bridgehead atoms. The molecule has 28 heavy (non-hydrogen) atoms. The first-order valence-electron chi connectivity index (χ1n) is 9.19. The molecule has 0 aliphatic rings. The highest BCUT2D eigenvalue weighted by molar-refractivity contribution is 5.78. The van der Waals surface area contributed by atoms with E-state index < -0.39 is 0 Å². The lowest BCUT2D eigenvalue weighted by molar-refractivity contribution is -0.129. The van der Waals surface area contributed by atoms with Gasteiger partial charge >= 0.3 is 0 Å². The molecule has 3 aromatic rings. The molecule has 0 spiro atoms. The average Bonchev–Trinajstić information content (AvgIpc) is 3.08. The maximum absolute atomic E-state index is 12.5. The molecule has 0 unspecified atom stereocenters. The molecular formula is C22H23N5O. The van der Waals surface area contributed by atoms with Crippen LogP contribution in [0.3, 0.4) is 0 Å². The lowest BCUT2D eigenvalue weighted by Crippen LogP contribution is -2.29. The van der Waals surface area contributed by atoms with E-state index in [-0.39, 0.29) is 11.7 Å². The maximum Gasteiger partial charge on any atom is 0.226 e. The molecule has 6 heteroatoms. The van der Waals surface area contributed by atoms with Crippen molar-refractivity contribution in [3.05, 3.63) is 71.4 Å². The number of carbonyl (C=O) groups is 1. The van der Waals surface area contributed by atoms with Crippen LogP contribution in [0.4, 0.5) is 5.82 Å². The second-order valence-electron chi connectivity index (χ2n) is 6.73. The minimum atomic E-state index is 0.0668.